The van der Waals surface area contributed by atoms with Crippen molar-refractivity contribution in [2.24, 2.45) is 5.73 Å². The molecule has 3 nitrogen and oxygen atoms in total. The second-order valence-corrected chi connectivity index (χ2v) is 3.96. The van der Waals surface area contributed by atoms with Crippen LogP contribution in [-0.4, -0.2) is 14.8 Å². The molecule has 0 atom stereocenters. The first kappa shape index (κ1) is 12.6. The van der Waals surface area contributed by atoms with Gasteiger partial charge in [-0.2, -0.15) is 18.3 Å². The summed E-state index contributed by atoms with van der Waals surface area (Å²) in [6.07, 6.45) is -3.55. The minimum absolute atomic E-state index is 0.277. The number of rotatable bonds is 2. The monoisotopic (exact) mass is 271 g/mol. The number of thiocarbonyl (C=S) groups is 1. The molecule has 0 fully saturated rings. The zero-order valence-electron chi connectivity index (χ0n) is 8.98. The average Bonchev–Trinajstić information content (AvgIpc) is 2.74. The fourth-order valence-corrected chi connectivity index (χ4v) is 1.72. The number of aromatic nitrogens is 2. The molecular formula is C11H8F3N3S. The maximum atomic E-state index is 13.0. The molecule has 2 rings (SSSR count). The molecule has 0 unspecified atom stereocenters. The van der Waals surface area contributed by atoms with Crippen molar-refractivity contribution in [2.45, 2.75) is 6.18 Å². The Bertz CT molecular complexity index is 575. The highest BCUT2D eigenvalue weighted by molar-refractivity contribution is 7.80. The van der Waals surface area contributed by atoms with E-state index in [0.717, 1.165) is 10.9 Å². The Morgan fingerprint density at radius 3 is 2.33 bits per heavy atom. The maximum absolute atomic E-state index is 13.0. The molecule has 1 aromatic heterocycles. The SMILES string of the molecule is NC(=S)c1cnn(-c2ccccc2)c1C(F)(F)F. The van der Waals surface area contributed by atoms with Gasteiger partial charge in [-0.05, 0) is 12.1 Å². The summed E-state index contributed by atoms with van der Waals surface area (Å²) < 4.78 is 39.8. The lowest BCUT2D eigenvalue weighted by atomic mass is 10.2. The van der Waals surface area contributed by atoms with Crippen LogP contribution in [0.15, 0.2) is 36.5 Å². The number of para-hydroxylation sites is 1. The van der Waals surface area contributed by atoms with E-state index in [4.69, 9.17) is 5.73 Å². The number of nitrogens with two attached hydrogens (primary N) is 1. The minimum Gasteiger partial charge on any atom is -0.389 e. The van der Waals surface area contributed by atoms with E-state index in [2.05, 4.69) is 17.3 Å². The predicted molar refractivity (Wildman–Crippen MR) is 64.5 cm³/mol. The van der Waals surface area contributed by atoms with Gasteiger partial charge in [0.15, 0.2) is 5.69 Å². The van der Waals surface area contributed by atoms with Gasteiger partial charge >= 0.3 is 6.18 Å². The maximum Gasteiger partial charge on any atom is 0.434 e. The van der Waals surface area contributed by atoms with Crippen molar-refractivity contribution in [1.82, 2.24) is 9.78 Å². The highest BCUT2D eigenvalue weighted by atomic mass is 32.1. The van der Waals surface area contributed by atoms with Crippen molar-refractivity contribution in [1.29, 1.82) is 0 Å². The lowest BCUT2D eigenvalue weighted by molar-refractivity contribution is -0.142. The minimum atomic E-state index is -4.58. The summed E-state index contributed by atoms with van der Waals surface area (Å²) in [4.78, 5) is -0.329. The number of hydrogen-bond acceptors (Lipinski definition) is 2. The Morgan fingerprint density at radius 2 is 1.83 bits per heavy atom. The van der Waals surface area contributed by atoms with Crippen LogP contribution < -0.4 is 5.73 Å². The molecule has 94 valence electrons. The summed E-state index contributed by atoms with van der Waals surface area (Å²) in [6.45, 7) is 0. The largest absolute Gasteiger partial charge is 0.434 e. The van der Waals surface area contributed by atoms with E-state index in [1.54, 1.807) is 18.2 Å². The van der Waals surface area contributed by atoms with Gasteiger partial charge in [-0.1, -0.05) is 30.4 Å². The van der Waals surface area contributed by atoms with Crippen molar-refractivity contribution in [3.8, 4) is 5.69 Å². The Kier molecular flexibility index (Phi) is 3.08. The number of benzene rings is 1. The Hall–Kier alpha value is -1.89. The zero-order valence-corrected chi connectivity index (χ0v) is 9.79. The highest BCUT2D eigenvalue weighted by Gasteiger charge is 2.39. The Morgan fingerprint density at radius 1 is 1.22 bits per heavy atom. The second-order valence-electron chi connectivity index (χ2n) is 3.52. The van der Waals surface area contributed by atoms with Crippen LogP contribution in [0.1, 0.15) is 11.3 Å². The van der Waals surface area contributed by atoms with Gasteiger partial charge in [-0.3, -0.25) is 0 Å². The summed E-state index contributed by atoms with van der Waals surface area (Å²) in [7, 11) is 0. The first-order valence-electron chi connectivity index (χ1n) is 4.91. The van der Waals surface area contributed by atoms with Gasteiger partial charge in [0, 0.05) is 0 Å². The van der Waals surface area contributed by atoms with Crippen LogP contribution >= 0.6 is 12.2 Å². The standard InChI is InChI=1S/C11H8F3N3S/c12-11(13,14)9-8(10(15)18)6-16-17(9)7-4-2-1-3-5-7/h1-6H,(H2,15,18). The molecule has 0 saturated carbocycles. The molecule has 0 spiro atoms. The summed E-state index contributed by atoms with van der Waals surface area (Å²) >= 11 is 4.61. The smallest absolute Gasteiger partial charge is 0.389 e. The van der Waals surface area contributed by atoms with Gasteiger partial charge in [0.05, 0.1) is 17.4 Å². The van der Waals surface area contributed by atoms with Gasteiger partial charge in [0.25, 0.3) is 0 Å². The van der Waals surface area contributed by atoms with Crippen LogP contribution in [0.3, 0.4) is 0 Å². The van der Waals surface area contributed by atoms with Crippen LogP contribution in [0.25, 0.3) is 5.69 Å². The van der Waals surface area contributed by atoms with E-state index in [1.165, 1.54) is 12.1 Å². The van der Waals surface area contributed by atoms with Crippen molar-refractivity contribution in [2.75, 3.05) is 0 Å². The third-order valence-electron chi connectivity index (χ3n) is 2.30. The zero-order chi connectivity index (χ0) is 13.3. The van der Waals surface area contributed by atoms with Crippen LogP contribution in [0.4, 0.5) is 13.2 Å². The summed E-state index contributed by atoms with van der Waals surface area (Å²) in [5.41, 5.74) is 4.35. The average molecular weight is 271 g/mol. The summed E-state index contributed by atoms with van der Waals surface area (Å²) in [5.74, 6) is 0. The van der Waals surface area contributed by atoms with Crippen LogP contribution in [0.5, 0.6) is 0 Å². The molecule has 0 saturated heterocycles. The molecule has 1 heterocycles. The molecule has 0 radical (unpaired) electrons. The van der Waals surface area contributed by atoms with E-state index >= 15 is 0 Å². The van der Waals surface area contributed by atoms with Crippen molar-refractivity contribution >= 4 is 17.2 Å². The van der Waals surface area contributed by atoms with E-state index in [0.29, 0.717) is 5.69 Å². The topological polar surface area (TPSA) is 43.8 Å². The van der Waals surface area contributed by atoms with Gasteiger partial charge < -0.3 is 5.73 Å². The molecule has 1 aromatic carbocycles. The molecule has 0 aliphatic carbocycles. The van der Waals surface area contributed by atoms with Gasteiger partial charge in [0.2, 0.25) is 0 Å². The number of hydrogen-bond donors (Lipinski definition) is 1. The van der Waals surface area contributed by atoms with Crippen LogP contribution in [-0.2, 0) is 6.18 Å². The Labute approximate surface area is 106 Å². The molecule has 2 N–H and O–H groups in total. The van der Waals surface area contributed by atoms with Crippen LogP contribution in [0.2, 0.25) is 0 Å². The number of halogens is 3. The first-order chi connectivity index (χ1) is 8.41. The number of nitrogens with zero attached hydrogens (tertiary/aromatic N) is 2. The molecule has 0 bridgehead atoms. The quantitative estimate of drug-likeness (QED) is 0.854. The molecule has 0 aliphatic heterocycles. The van der Waals surface area contributed by atoms with Gasteiger partial charge in [-0.25, -0.2) is 4.68 Å². The molecule has 7 heteroatoms. The number of alkyl halides is 3. The lowest BCUT2D eigenvalue weighted by Gasteiger charge is -2.12. The third-order valence-corrected chi connectivity index (χ3v) is 2.52. The van der Waals surface area contributed by atoms with E-state index in [9.17, 15) is 13.2 Å². The molecule has 18 heavy (non-hydrogen) atoms. The molecular weight excluding hydrogens is 263 g/mol. The fraction of sp³-hybridized carbons (Fsp3) is 0.0909. The summed E-state index contributed by atoms with van der Waals surface area (Å²) in [5, 5.41) is 3.70. The predicted octanol–water partition coefficient (Wildman–Crippen LogP) is 2.53. The first-order valence-corrected chi connectivity index (χ1v) is 5.32. The second kappa shape index (κ2) is 4.41. The Balaban J connectivity index is 2.67. The molecule has 0 aliphatic rings. The lowest BCUT2D eigenvalue weighted by Crippen LogP contribution is -2.20. The van der Waals surface area contributed by atoms with E-state index in [1.807, 2.05) is 0 Å². The fourth-order valence-electron chi connectivity index (χ4n) is 1.57. The van der Waals surface area contributed by atoms with Crippen LogP contribution in [0, 0.1) is 0 Å². The van der Waals surface area contributed by atoms with E-state index < -0.39 is 11.9 Å². The normalized spacial score (nSPS) is 11.5. The highest BCUT2D eigenvalue weighted by Crippen LogP contribution is 2.33. The van der Waals surface area contributed by atoms with Gasteiger partial charge in [0.1, 0.15) is 4.99 Å². The molecule has 0 amide bonds. The van der Waals surface area contributed by atoms with Crippen molar-refractivity contribution < 1.29 is 13.2 Å². The van der Waals surface area contributed by atoms with Crippen molar-refractivity contribution in [3.63, 3.8) is 0 Å². The van der Waals surface area contributed by atoms with Gasteiger partial charge in [-0.15, -0.1) is 0 Å². The summed E-state index contributed by atoms with van der Waals surface area (Å²) in [6, 6.07) is 7.99. The van der Waals surface area contributed by atoms with E-state index in [-0.39, 0.29) is 10.6 Å². The third kappa shape index (κ3) is 2.21. The molecule has 2 aromatic rings. The van der Waals surface area contributed by atoms with Crippen molar-refractivity contribution in [3.05, 3.63) is 47.8 Å².